The van der Waals surface area contributed by atoms with Gasteiger partial charge in [-0.15, -0.1) is 0 Å². The first-order chi connectivity index (χ1) is 9.21. The first kappa shape index (κ1) is 15.6. The highest BCUT2D eigenvalue weighted by Crippen LogP contribution is 2.31. The Morgan fingerprint density at radius 1 is 1.45 bits per heavy atom. The van der Waals surface area contributed by atoms with Crippen LogP contribution in [0, 0.1) is 12.8 Å². The maximum Gasteiger partial charge on any atom is 0.242 e. The van der Waals surface area contributed by atoms with Gasteiger partial charge < -0.3 is 10.8 Å². The molecule has 0 amide bonds. The summed E-state index contributed by atoms with van der Waals surface area (Å²) in [5.74, 6) is 0.211. The molecule has 0 heterocycles. The molecule has 0 saturated heterocycles. The van der Waals surface area contributed by atoms with E-state index in [-0.39, 0.29) is 16.9 Å². The lowest BCUT2D eigenvalue weighted by Gasteiger charge is -2.34. The Morgan fingerprint density at radius 2 is 2.05 bits per heavy atom. The molecule has 0 unspecified atom stereocenters. The summed E-state index contributed by atoms with van der Waals surface area (Å²) in [5.41, 5.74) is 6.82. The van der Waals surface area contributed by atoms with Gasteiger partial charge in [0.15, 0.2) is 0 Å². The average molecular weight is 319 g/mol. The molecule has 20 heavy (non-hydrogen) atoms. The normalized spacial score (nSPS) is 22.9. The van der Waals surface area contributed by atoms with Gasteiger partial charge in [0.2, 0.25) is 10.0 Å². The van der Waals surface area contributed by atoms with Gasteiger partial charge in [0, 0.05) is 24.3 Å². The van der Waals surface area contributed by atoms with Gasteiger partial charge in [0.1, 0.15) is 0 Å². The molecule has 0 spiro atoms. The molecule has 3 N–H and O–H groups in total. The monoisotopic (exact) mass is 318 g/mol. The number of nitrogens with zero attached hydrogens (tertiary/aromatic N) is 1. The van der Waals surface area contributed by atoms with Crippen molar-refractivity contribution in [2.24, 2.45) is 5.92 Å². The van der Waals surface area contributed by atoms with E-state index in [4.69, 9.17) is 17.3 Å². The summed E-state index contributed by atoms with van der Waals surface area (Å²) >= 11 is 6.00. The van der Waals surface area contributed by atoms with Gasteiger partial charge in [0.05, 0.1) is 11.0 Å². The number of aliphatic hydroxyl groups is 1. The Hall–Kier alpha value is -0.820. The summed E-state index contributed by atoms with van der Waals surface area (Å²) < 4.78 is 26.2. The minimum atomic E-state index is -3.60. The van der Waals surface area contributed by atoms with Crippen molar-refractivity contribution in [2.75, 3.05) is 19.3 Å². The highest BCUT2D eigenvalue weighted by atomic mass is 35.5. The molecule has 2 rings (SSSR count). The third-order valence-electron chi connectivity index (χ3n) is 3.79. The number of hydrogen-bond acceptors (Lipinski definition) is 4. The summed E-state index contributed by atoms with van der Waals surface area (Å²) in [4.78, 5) is 0.105. The maximum absolute atomic E-state index is 12.5. The SMILES string of the molecule is Cc1c(N)cc(S(=O)(=O)N(C)CC2CC(O)C2)cc1Cl. The number of anilines is 1. The fourth-order valence-corrected chi connectivity index (χ4v) is 3.92. The van der Waals surface area contributed by atoms with Gasteiger partial charge in [0.25, 0.3) is 0 Å². The number of hydrogen-bond donors (Lipinski definition) is 2. The van der Waals surface area contributed by atoms with Gasteiger partial charge in [-0.1, -0.05) is 11.6 Å². The molecular formula is C13H19ClN2O3S. The molecule has 1 fully saturated rings. The number of nitrogen functional groups attached to an aromatic ring is 1. The largest absolute Gasteiger partial charge is 0.398 e. The third-order valence-corrected chi connectivity index (χ3v) is 5.99. The van der Waals surface area contributed by atoms with Gasteiger partial charge in [-0.05, 0) is 43.4 Å². The van der Waals surface area contributed by atoms with Crippen molar-refractivity contribution in [3.05, 3.63) is 22.7 Å². The van der Waals surface area contributed by atoms with Gasteiger partial charge in [-0.3, -0.25) is 0 Å². The van der Waals surface area contributed by atoms with Crippen molar-refractivity contribution < 1.29 is 13.5 Å². The molecular weight excluding hydrogens is 300 g/mol. The Balaban J connectivity index is 2.21. The molecule has 1 aliphatic carbocycles. The van der Waals surface area contributed by atoms with Crippen molar-refractivity contribution in [1.82, 2.24) is 4.31 Å². The van der Waals surface area contributed by atoms with Crippen LogP contribution >= 0.6 is 11.6 Å². The van der Waals surface area contributed by atoms with Gasteiger partial charge in [-0.25, -0.2) is 12.7 Å². The van der Waals surface area contributed by atoms with Crippen molar-refractivity contribution in [3.63, 3.8) is 0 Å². The second-order valence-corrected chi connectivity index (χ2v) is 7.85. The van der Waals surface area contributed by atoms with Crippen LogP contribution in [0.4, 0.5) is 5.69 Å². The van der Waals surface area contributed by atoms with Crippen LogP contribution in [0.3, 0.4) is 0 Å². The fourth-order valence-electron chi connectivity index (χ4n) is 2.31. The molecule has 1 saturated carbocycles. The van der Waals surface area contributed by atoms with E-state index in [0.29, 0.717) is 35.7 Å². The van der Waals surface area contributed by atoms with E-state index in [9.17, 15) is 13.5 Å². The van der Waals surface area contributed by atoms with Crippen molar-refractivity contribution in [2.45, 2.75) is 30.8 Å². The highest BCUT2D eigenvalue weighted by molar-refractivity contribution is 7.89. The minimum absolute atomic E-state index is 0.105. The quantitative estimate of drug-likeness (QED) is 0.826. The molecule has 1 aliphatic rings. The van der Waals surface area contributed by atoms with Crippen LogP contribution in [-0.2, 0) is 10.0 Å². The number of halogens is 1. The zero-order valence-electron chi connectivity index (χ0n) is 11.5. The van der Waals surface area contributed by atoms with E-state index < -0.39 is 10.0 Å². The van der Waals surface area contributed by atoms with Gasteiger partial charge >= 0.3 is 0 Å². The lowest BCUT2D eigenvalue weighted by atomic mass is 9.82. The first-order valence-corrected chi connectivity index (χ1v) is 8.23. The molecule has 1 aromatic rings. The molecule has 7 heteroatoms. The van der Waals surface area contributed by atoms with E-state index in [2.05, 4.69) is 0 Å². The molecule has 1 aromatic carbocycles. The van der Waals surface area contributed by atoms with Crippen LogP contribution in [0.1, 0.15) is 18.4 Å². The highest BCUT2D eigenvalue weighted by Gasteiger charge is 2.32. The van der Waals surface area contributed by atoms with Crippen LogP contribution in [0.15, 0.2) is 17.0 Å². The Bertz CT molecular complexity index is 589. The summed E-state index contributed by atoms with van der Waals surface area (Å²) in [5, 5.41) is 9.60. The lowest BCUT2D eigenvalue weighted by molar-refractivity contribution is 0.0367. The van der Waals surface area contributed by atoms with Crippen molar-refractivity contribution in [3.8, 4) is 0 Å². The van der Waals surface area contributed by atoms with E-state index in [0.717, 1.165) is 0 Å². The molecule has 5 nitrogen and oxygen atoms in total. The predicted octanol–water partition coefficient (Wildman–Crippen LogP) is 1.62. The van der Waals surface area contributed by atoms with E-state index in [1.165, 1.54) is 23.5 Å². The molecule has 0 atom stereocenters. The number of sulfonamides is 1. The second kappa shape index (κ2) is 5.52. The summed E-state index contributed by atoms with van der Waals surface area (Å²) in [7, 11) is -2.07. The van der Waals surface area contributed by atoms with E-state index in [1.807, 2.05) is 0 Å². The topological polar surface area (TPSA) is 83.6 Å². The zero-order valence-corrected chi connectivity index (χ0v) is 13.1. The van der Waals surface area contributed by atoms with Crippen LogP contribution in [0.25, 0.3) is 0 Å². The first-order valence-electron chi connectivity index (χ1n) is 6.42. The Morgan fingerprint density at radius 3 is 2.55 bits per heavy atom. The van der Waals surface area contributed by atoms with Crippen LogP contribution in [0.2, 0.25) is 5.02 Å². The third kappa shape index (κ3) is 2.93. The summed E-state index contributed by atoms with van der Waals surface area (Å²) in [6, 6.07) is 2.86. The second-order valence-electron chi connectivity index (χ2n) is 5.40. The standard InChI is InChI=1S/C13H19ClN2O3S/c1-8-12(14)5-11(6-13(8)15)20(18,19)16(2)7-9-3-10(17)4-9/h5-6,9-10,17H,3-4,7,15H2,1-2H3. The van der Waals surface area contributed by atoms with Gasteiger partial charge in [-0.2, -0.15) is 0 Å². The number of nitrogens with two attached hydrogens (primary N) is 1. The maximum atomic E-state index is 12.5. The molecule has 0 radical (unpaired) electrons. The van der Waals surface area contributed by atoms with Crippen LogP contribution < -0.4 is 5.73 Å². The Kier molecular flexibility index (Phi) is 4.30. The molecule has 0 bridgehead atoms. The number of rotatable bonds is 4. The van der Waals surface area contributed by atoms with Crippen LogP contribution in [-0.4, -0.2) is 37.5 Å². The summed E-state index contributed by atoms with van der Waals surface area (Å²) in [6.07, 6.45) is 1.01. The fraction of sp³-hybridized carbons (Fsp3) is 0.538. The summed E-state index contributed by atoms with van der Waals surface area (Å²) in [6.45, 7) is 2.14. The smallest absolute Gasteiger partial charge is 0.242 e. The Labute approximate surface area is 124 Å². The number of aliphatic hydroxyl groups excluding tert-OH is 1. The average Bonchev–Trinajstić information content (AvgIpc) is 2.33. The van der Waals surface area contributed by atoms with Crippen LogP contribution in [0.5, 0.6) is 0 Å². The van der Waals surface area contributed by atoms with E-state index >= 15 is 0 Å². The molecule has 0 aliphatic heterocycles. The number of benzene rings is 1. The predicted molar refractivity (Wildman–Crippen MR) is 79.1 cm³/mol. The molecule has 0 aromatic heterocycles. The molecule has 112 valence electrons. The van der Waals surface area contributed by atoms with E-state index in [1.54, 1.807) is 6.92 Å². The van der Waals surface area contributed by atoms with Crippen molar-refractivity contribution in [1.29, 1.82) is 0 Å². The van der Waals surface area contributed by atoms with Crippen molar-refractivity contribution >= 4 is 27.3 Å². The minimum Gasteiger partial charge on any atom is -0.398 e. The zero-order chi connectivity index (χ0) is 15.1. The lowest BCUT2D eigenvalue weighted by Crippen LogP contribution is -2.39.